The summed E-state index contributed by atoms with van der Waals surface area (Å²) in [5, 5.41) is 19.3. The van der Waals surface area contributed by atoms with Gasteiger partial charge < -0.3 is 19.8 Å². The molecule has 1 aromatic carbocycles. The summed E-state index contributed by atoms with van der Waals surface area (Å²) >= 11 is 0. The molecule has 5 heteroatoms. The van der Waals surface area contributed by atoms with E-state index in [9.17, 15) is 14.6 Å². The Bertz CT molecular complexity index is 384. The van der Waals surface area contributed by atoms with Crippen LogP contribution in [0.4, 0.5) is 10.1 Å². The summed E-state index contributed by atoms with van der Waals surface area (Å²) < 4.78 is 18.7. The van der Waals surface area contributed by atoms with E-state index in [2.05, 4.69) is 0 Å². The number of hydrogen-bond donors (Lipinski definition) is 2. The van der Waals surface area contributed by atoms with Crippen molar-refractivity contribution in [1.29, 1.82) is 0 Å². The van der Waals surface area contributed by atoms with E-state index >= 15 is 0 Å². The van der Waals surface area contributed by atoms with Gasteiger partial charge in [-0.05, 0) is 13.0 Å². The molecule has 18 heavy (non-hydrogen) atoms. The van der Waals surface area contributed by atoms with Gasteiger partial charge in [-0.15, -0.1) is 0 Å². The van der Waals surface area contributed by atoms with Gasteiger partial charge in [-0.3, -0.25) is 0 Å². The Morgan fingerprint density at radius 2 is 2.06 bits per heavy atom. The molecule has 0 fully saturated rings. The lowest BCUT2D eigenvalue weighted by Gasteiger charge is -2.26. The number of aliphatic hydroxyl groups is 2. The van der Waals surface area contributed by atoms with Gasteiger partial charge in [0.15, 0.2) is 0 Å². The monoisotopic (exact) mass is 257 g/mol. The second-order valence-corrected chi connectivity index (χ2v) is 4.34. The van der Waals surface area contributed by atoms with Crippen LogP contribution in [0.5, 0.6) is 0 Å². The molecular formula is C13H20FNO3. The lowest BCUT2D eigenvalue weighted by atomic mass is 10.1. The first-order chi connectivity index (χ1) is 8.47. The van der Waals surface area contributed by atoms with Gasteiger partial charge in [0.1, 0.15) is 5.82 Å². The van der Waals surface area contributed by atoms with Gasteiger partial charge in [0, 0.05) is 26.3 Å². The van der Waals surface area contributed by atoms with Crippen molar-refractivity contribution in [1.82, 2.24) is 0 Å². The second kappa shape index (κ2) is 6.68. The first-order valence-electron chi connectivity index (χ1n) is 5.82. The topological polar surface area (TPSA) is 52.9 Å². The van der Waals surface area contributed by atoms with Gasteiger partial charge in [-0.25, -0.2) is 4.39 Å². The number of para-hydroxylation sites is 1. The minimum Gasteiger partial charge on any atom is -0.389 e. The number of anilines is 1. The SMILES string of the molecule is COCC(O)CN(C)c1c(F)cccc1[C@@H](C)O. The number of aliphatic hydroxyl groups excluding tert-OH is 2. The summed E-state index contributed by atoms with van der Waals surface area (Å²) in [7, 11) is 3.16. The van der Waals surface area contributed by atoms with E-state index in [1.54, 1.807) is 31.0 Å². The maximum Gasteiger partial charge on any atom is 0.146 e. The molecule has 0 spiro atoms. The van der Waals surface area contributed by atoms with E-state index < -0.39 is 18.0 Å². The van der Waals surface area contributed by atoms with Crippen molar-refractivity contribution in [2.75, 3.05) is 32.2 Å². The van der Waals surface area contributed by atoms with E-state index in [1.807, 2.05) is 0 Å². The standard InChI is InChI=1S/C13H20FNO3/c1-9(16)11-5-4-6-12(14)13(11)15(2)7-10(17)8-18-3/h4-6,9-10,16-17H,7-8H2,1-3H3/t9-,10?/m1/s1. The summed E-state index contributed by atoms with van der Waals surface area (Å²) in [6, 6.07) is 4.56. The first kappa shape index (κ1) is 14.9. The predicted octanol–water partition coefficient (Wildman–Crippen LogP) is 1.32. The van der Waals surface area contributed by atoms with Gasteiger partial charge in [-0.2, -0.15) is 0 Å². The highest BCUT2D eigenvalue weighted by molar-refractivity contribution is 5.55. The fourth-order valence-corrected chi connectivity index (χ4v) is 1.92. The lowest BCUT2D eigenvalue weighted by molar-refractivity contribution is 0.0693. The third kappa shape index (κ3) is 3.66. The molecule has 0 aliphatic carbocycles. The Morgan fingerprint density at radius 1 is 1.39 bits per heavy atom. The van der Waals surface area contributed by atoms with Gasteiger partial charge in [0.25, 0.3) is 0 Å². The van der Waals surface area contributed by atoms with Crippen molar-refractivity contribution in [3.63, 3.8) is 0 Å². The van der Waals surface area contributed by atoms with Gasteiger partial charge in [0.05, 0.1) is 24.5 Å². The largest absolute Gasteiger partial charge is 0.389 e. The molecule has 0 saturated carbocycles. The van der Waals surface area contributed by atoms with E-state index in [4.69, 9.17) is 4.74 Å². The van der Waals surface area contributed by atoms with Crippen molar-refractivity contribution in [2.24, 2.45) is 0 Å². The van der Waals surface area contributed by atoms with E-state index in [0.717, 1.165) is 0 Å². The molecule has 0 amide bonds. The number of ether oxygens (including phenoxy) is 1. The number of methoxy groups -OCH3 is 1. The normalized spacial score (nSPS) is 14.3. The highest BCUT2D eigenvalue weighted by Crippen LogP contribution is 2.28. The summed E-state index contributed by atoms with van der Waals surface area (Å²) in [6.07, 6.45) is -1.47. The van der Waals surface area contributed by atoms with Crippen molar-refractivity contribution in [3.05, 3.63) is 29.6 Å². The molecule has 1 rings (SSSR count). The molecule has 1 aromatic rings. The number of halogens is 1. The highest BCUT2D eigenvalue weighted by Gasteiger charge is 2.18. The van der Waals surface area contributed by atoms with E-state index in [-0.39, 0.29) is 13.2 Å². The molecule has 0 saturated heterocycles. The second-order valence-electron chi connectivity index (χ2n) is 4.34. The molecule has 2 N–H and O–H groups in total. The molecule has 102 valence electrons. The lowest BCUT2D eigenvalue weighted by Crippen LogP contribution is -2.33. The number of likely N-dealkylation sites (N-methyl/N-ethyl adjacent to an activating group) is 1. The number of nitrogens with zero attached hydrogens (tertiary/aromatic N) is 1. The summed E-state index contributed by atoms with van der Waals surface area (Å²) in [5.41, 5.74) is 0.810. The summed E-state index contributed by atoms with van der Waals surface area (Å²) in [5.74, 6) is -0.416. The average molecular weight is 257 g/mol. The molecule has 0 aliphatic rings. The van der Waals surface area contributed by atoms with Crippen LogP contribution in [0.2, 0.25) is 0 Å². The van der Waals surface area contributed by atoms with Crippen molar-refractivity contribution < 1.29 is 19.3 Å². The maximum atomic E-state index is 13.8. The molecule has 0 bridgehead atoms. The van der Waals surface area contributed by atoms with Gasteiger partial charge >= 0.3 is 0 Å². The Morgan fingerprint density at radius 3 is 2.61 bits per heavy atom. The van der Waals surface area contributed by atoms with Gasteiger partial charge in [-0.1, -0.05) is 12.1 Å². The molecule has 0 aromatic heterocycles. The predicted molar refractivity (Wildman–Crippen MR) is 68.2 cm³/mol. The van der Waals surface area contributed by atoms with Crippen LogP contribution in [-0.2, 0) is 4.74 Å². The molecule has 2 atom stereocenters. The zero-order valence-electron chi connectivity index (χ0n) is 10.9. The Balaban J connectivity index is 2.93. The van der Waals surface area contributed by atoms with Gasteiger partial charge in [0.2, 0.25) is 0 Å². The van der Waals surface area contributed by atoms with Crippen LogP contribution in [0.3, 0.4) is 0 Å². The van der Waals surface area contributed by atoms with Crippen LogP contribution in [0, 0.1) is 5.82 Å². The van der Waals surface area contributed by atoms with Crippen LogP contribution in [-0.4, -0.2) is 43.6 Å². The zero-order valence-corrected chi connectivity index (χ0v) is 10.9. The third-order valence-electron chi connectivity index (χ3n) is 2.69. The average Bonchev–Trinajstić information content (AvgIpc) is 2.28. The van der Waals surface area contributed by atoms with Crippen LogP contribution in [0.15, 0.2) is 18.2 Å². The molecule has 0 heterocycles. The van der Waals surface area contributed by atoms with Crippen molar-refractivity contribution in [2.45, 2.75) is 19.1 Å². The molecule has 1 unspecified atom stereocenters. The van der Waals surface area contributed by atoms with E-state index in [0.29, 0.717) is 11.3 Å². The van der Waals surface area contributed by atoms with Crippen molar-refractivity contribution >= 4 is 5.69 Å². The number of hydrogen-bond acceptors (Lipinski definition) is 4. The molecule has 0 aliphatic heterocycles. The smallest absolute Gasteiger partial charge is 0.146 e. The summed E-state index contributed by atoms with van der Waals surface area (Å²) in [4.78, 5) is 1.58. The van der Waals surface area contributed by atoms with Crippen LogP contribution < -0.4 is 4.90 Å². The Kier molecular flexibility index (Phi) is 5.53. The quantitative estimate of drug-likeness (QED) is 0.807. The number of benzene rings is 1. The van der Waals surface area contributed by atoms with Crippen molar-refractivity contribution in [3.8, 4) is 0 Å². The first-order valence-corrected chi connectivity index (χ1v) is 5.82. The van der Waals surface area contributed by atoms with Crippen LogP contribution >= 0.6 is 0 Å². The fraction of sp³-hybridized carbons (Fsp3) is 0.538. The van der Waals surface area contributed by atoms with Crippen LogP contribution in [0.1, 0.15) is 18.6 Å². The minimum absolute atomic E-state index is 0.183. The Labute approximate surface area is 107 Å². The van der Waals surface area contributed by atoms with E-state index in [1.165, 1.54) is 13.2 Å². The molecule has 0 radical (unpaired) electrons. The number of rotatable bonds is 6. The third-order valence-corrected chi connectivity index (χ3v) is 2.69. The zero-order chi connectivity index (χ0) is 13.7. The molecular weight excluding hydrogens is 237 g/mol. The minimum atomic E-state index is -0.766. The maximum absolute atomic E-state index is 13.8. The summed E-state index contributed by atoms with van der Waals surface area (Å²) in [6.45, 7) is 2.00. The highest BCUT2D eigenvalue weighted by atomic mass is 19.1. The van der Waals surface area contributed by atoms with Crippen LogP contribution in [0.25, 0.3) is 0 Å². The molecule has 4 nitrogen and oxygen atoms in total. The Hall–Kier alpha value is -1.17. The fourth-order valence-electron chi connectivity index (χ4n) is 1.92.